The molecule has 0 spiro atoms. The van der Waals surface area contributed by atoms with Gasteiger partial charge in [0.25, 0.3) is 0 Å². The van der Waals surface area contributed by atoms with Crippen molar-refractivity contribution in [3.8, 4) is 45.3 Å². The van der Waals surface area contributed by atoms with Crippen LogP contribution in [-0.2, 0) is 0 Å². The van der Waals surface area contributed by atoms with Crippen LogP contribution in [0.1, 0.15) is 0 Å². The minimum Gasteiger partial charge on any atom is -0.456 e. The summed E-state index contributed by atoms with van der Waals surface area (Å²) in [5.74, 6) is 1.67. The van der Waals surface area contributed by atoms with Crippen LogP contribution in [0.2, 0.25) is 0 Å². The third-order valence-corrected chi connectivity index (χ3v) is 12.1. The van der Waals surface area contributed by atoms with Crippen molar-refractivity contribution in [2.45, 2.75) is 0 Å². The molecule has 0 atom stereocenters. The number of hydrogen-bond donors (Lipinski definition) is 0. The van der Waals surface area contributed by atoms with Gasteiger partial charge in [0.1, 0.15) is 22.3 Å². The molecule has 0 aliphatic carbocycles. The van der Waals surface area contributed by atoms with Gasteiger partial charge in [-0.2, -0.15) is 0 Å². The Labute approximate surface area is 342 Å². The summed E-state index contributed by atoms with van der Waals surface area (Å²) in [5.41, 5.74) is 8.00. The predicted molar refractivity (Wildman–Crippen MR) is 246 cm³/mol. The summed E-state index contributed by atoms with van der Waals surface area (Å²) in [7, 11) is 0. The van der Waals surface area contributed by atoms with E-state index in [-0.39, 0.29) is 0 Å². The molecule has 0 saturated heterocycles. The minimum atomic E-state index is 0.535. The van der Waals surface area contributed by atoms with Crippen molar-refractivity contribution in [2.75, 3.05) is 0 Å². The molecule has 278 valence electrons. The average Bonchev–Trinajstić information content (AvgIpc) is 3.90. The smallest absolute Gasteiger partial charge is 0.167 e. The van der Waals surface area contributed by atoms with Gasteiger partial charge in [-0.15, -0.1) is 0 Å². The van der Waals surface area contributed by atoms with E-state index in [1.165, 1.54) is 37.9 Å². The molecule has 0 N–H and O–H groups in total. The molecular weight excluding hydrogens is 735 g/mol. The van der Waals surface area contributed by atoms with Crippen LogP contribution in [0.4, 0.5) is 0 Å². The highest BCUT2D eigenvalue weighted by Gasteiger charge is 2.22. The zero-order valence-corrected chi connectivity index (χ0v) is 32.1. The molecule has 3 aromatic heterocycles. The molecule has 0 fully saturated rings. The van der Waals surface area contributed by atoms with Crippen LogP contribution in [0.25, 0.3) is 132 Å². The summed E-state index contributed by atoms with van der Waals surface area (Å²) in [4.78, 5) is 15.6. The van der Waals surface area contributed by atoms with Crippen LogP contribution < -0.4 is 0 Å². The number of benzene rings is 10. The first kappa shape index (κ1) is 32.9. The lowest BCUT2D eigenvalue weighted by Crippen LogP contribution is -2.00. The maximum absolute atomic E-state index is 6.78. The third-order valence-electron chi connectivity index (χ3n) is 12.1. The van der Waals surface area contributed by atoms with E-state index < -0.39 is 0 Å². The molecule has 13 rings (SSSR count). The fourth-order valence-electron chi connectivity index (χ4n) is 9.41. The van der Waals surface area contributed by atoms with E-state index >= 15 is 0 Å². The minimum absolute atomic E-state index is 0.535. The monoisotopic (exact) mass is 765 g/mol. The number of nitrogens with zero attached hydrogens (tertiary/aromatic N) is 3. The van der Waals surface area contributed by atoms with Gasteiger partial charge >= 0.3 is 0 Å². The maximum atomic E-state index is 6.78. The maximum Gasteiger partial charge on any atom is 0.167 e. The van der Waals surface area contributed by atoms with E-state index in [1.807, 2.05) is 48.5 Å². The van der Waals surface area contributed by atoms with Crippen molar-refractivity contribution in [2.24, 2.45) is 0 Å². The van der Waals surface area contributed by atoms with Crippen LogP contribution in [0, 0.1) is 0 Å². The average molecular weight is 766 g/mol. The van der Waals surface area contributed by atoms with Gasteiger partial charge in [0.05, 0.1) is 5.56 Å². The van der Waals surface area contributed by atoms with Crippen molar-refractivity contribution in [1.82, 2.24) is 15.0 Å². The molecular formula is C55H31N3O2. The molecule has 0 saturated carbocycles. The molecule has 5 nitrogen and oxygen atoms in total. The molecule has 5 heteroatoms. The lowest BCUT2D eigenvalue weighted by atomic mass is 9.89. The SMILES string of the molecule is c1ccc(-c2nc(-c3cccc4c3oc3c5ccccc5ccc43)nc(-c3cccc4oc5ccc(-c6cccc7c8ccccc8c8ccccc8c67)cc5c34)n2)cc1. The van der Waals surface area contributed by atoms with E-state index in [4.69, 9.17) is 23.8 Å². The molecule has 0 radical (unpaired) electrons. The second-order valence-corrected chi connectivity index (χ2v) is 15.4. The third kappa shape index (κ3) is 4.84. The Kier molecular flexibility index (Phi) is 6.95. The van der Waals surface area contributed by atoms with Gasteiger partial charge in [-0.3, -0.25) is 0 Å². The number of fused-ring (bicyclic) bond motifs is 14. The summed E-state index contributed by atoms with van der Waals surface area (Å²) in [6.07, 6.45) is 0. The first-order valence-electron chi connectivity index (χ1n) is 20.2. The van der Waals surface area contributed by atoms with Crippen molar-refractivity contribution < 1.29 is 8.83 Å². The Hall–Kier alpha value is -8.15. The largest absolute Gasteiger partial charge is 0.456 e. The summed E-state index contributed by atoms with van der Waals surface area (Å²) in [6, 6.07) is 65.7. The molecule has 0 unspecified atom stereocenters. The van der Waals surface area contributed by atoms with Crippen molar-refractivity contribution >= 4 is 87.0 Å². The molecule has 3 heterocycles. The van der Waals surface area contributed by atoms with Crippen LogP contribution >= 0.6 is 0 Å². The van der Waals surface area contributed by atoms with E-state index in [9.17, 15) is 0 Å². The Morgan fingerprint density at radius 2 is 0.867 bits per heavy atom. The van der Waals surface area contributed by atoms with Gasteiger partial charge in [0.15, 0.2) is 17.5 Å². The first-order chi connectivity index (χ1) is 29.7. The Morgan fingerprint density at radius 3 is 1.67 bits per heavy atom. The molecule has 0 aliphatic rings. The molecule has 0 amide bonds. The zero-order valence-electron chi connectivity index (χ0n) is 32.1. The Morgan fingerprint density at radius 1 is 0.283 bits per heavy atom. The second-order valence-electron chi connectivity index (χ2n) is 15.4. The topological polar surface area (TPSA) is 65.0 Å². The highest BCUT2D eigenvalue weighted by Crippen LogP contribution is 2.44. The fourth-order valence-corrected chi connectivity index (χ4v) is 9.41. The van der Waals surface area contributed by atoms with Crippen LogP contribution in [-0.4, -0.2) is 15.0 Å². The van der Waals surface area contributed by atoms with Crippen molar-refractivity contribution in [3.63, 3.8) is 0 Å². The summed E-state index contributed by atoms with van der Waals surface area (Å²) in [6.45, 7) is 0. The number of para-hydroxylation sites is 1. The zero-order chi connectivity index (χ0) is 39.3. The van der Waals surface area contributed by atoms with Crippen LogP contribution in [0.15, 0.2) is 197 Å². The second kappa shape index (κ2) is 12.7. The van der Waals surface area contributed by atoms with E-state index in [0.29, 0.717) is 17.5 Å². The molecule has 0 aliphatic heterocycles. The summed E-state index contributed by atoms with van der Waals surface area (Å²) in [5, 5.41) is 13.7. The quantitative estimate of drug-likeness (QED) is 0.167. The normalized spacial score (nSPS) is 12.0. The lowest BCUT2D eigenvalue weighted by Gasteiger charge is -2.14. The van der Waals surface area contributed by atoms with Gasteiger partial charge in [-0.1, -0.05) is 158 Å². The molecule has 0 bridgehead atoms. The van der Waals surface area contributed by atoms with E-state index in [0.717, 1.165) is 76.9 Å². The predicted octanol–water partition coefficient (Wildman–Crippen LogP) is 15.0. The lowest BCUT2D eigenvalue weighted by molar-refractivity contribution is 0.669. The van der Waals surface area contributed by atoms with E-state index in [1.54, 1.807) is 0 Å². The van der Waals surface area contributed by atoms with Crippen molar-refractivity contribution in [1.29, 1.82) is 0 Å². The van der Waals surface area contributed by atoms with Gasteiger partial charge in [0.2, 0.25) is 0 Å². The summed E-state index contributed by atoms with van der Waals surface area (Å²) < 4.78 is 13.4. The van der Waals surface area contributed by atoms with Gasteiger partial charge < -0.3 is 8.83 Å². The highest BCUT2D eigenvalue weighted by atomic mass is 16.3. The van der Waals surface area contributed by atoms with Crippen LogP contribution in [0.5, 0.6) is 0 Å². The molecule has 60 heavy (non-hydrogen) atoms. The van der Waals surface area contributed by atoms with Gasteiger partial charge in [0, 0.05) is 38.1 Å². The fraction of sp³-hybridized carbons (Fsp3) is 0. The number of hydrogen-bond acceptors (Lipinski definition) is 5. The van der Waals surface area contributed by atoms with Gasteiger partial charge in [-0.05, 0) is 79.2 Å². The van der Waals surface area contributed by atoms with Crippen molar-refractivity contribution in [3.05, 3.63) is 188 Å². The number of aromatic nitrogens is 3. The van der Waals surface area contributed by atoms with Gasteiger partial charge in [-0.25, -0.2) is 15.0 Å². The molecule has 10 aromatic carbocycles. The summed E-state index contributed by atoms with van der Waals surface area (Å²) >= 11 is 0. The standard InChI is InChI=1S/C55H31N3O2/c1-2-14-33(15-3-1)53-56-54(58-55(57-53)45-25-11-23-42-43-29-27-32-13-4-5-16-36(32)51(43)60-52(42)45)44-24-12-26-48-50(44)46-31-34(28-30-47(46)59-48)35-21-10-22-41-39-18-7-6-17-37(39)38-19-8-9-20-40(38)49(35)41/h1-31H. The first-order valence-corrected chi connectivity index (χ1v) is 20.2. The highest BCUT2D eigenvalue weighted by molar-refractivity contribution is 6.28. The Balaban J connectivity index is 1.05. The molecule has 13 aromatic rings. The van der Waals surface area contributed by atoms with E-state index in [2.05, 4.69) is 140 Å². The van der Waals surface area contributed by atoms with Crippen LogP contribution in [0.3, 0.4) is 0 Å². The Bertz CT molecular complexity index is 3860. The number of rotatable bonds is 4. The number of furan rings is 2.